The molecule has 0 saturated carbocycles. The Bertz CT molecular complexity index is 1060. The van der Waals surface area contributed by atoms with Crippen molar-refractivity contribution in [2.45, 2.75) is 29.0 Å². The molecule has 0 radical (unpaired) electrons. The molecule has 0 aliphatic rings. The van der Waals surface area contributed by atoms with Gasteiger partial charge in [-0.05, 0) is 18.2 Å². The third-order valence-electron chi connectivity index (χ3n) is 3.91. The van der Waals surface area contributed by atoms with Gasteiger partial charge >= 0.3 is 18.5 Å². The van der Waals surface area contributed by atoms with E-state index in [0.29, 0.717) is 11.3 Å². The Labute approximate surface area is 187 Å². The second-order valence-corrected chi connectivity index (χ2v) is 10.2. The maximum absolute atomic E-state index is 13.0. The van der Waals surface area contributed by atoms with E-state index in [1.807, 2.05) is 0 Å². The Morgan fingerprint density at radius 3 is 1.72 bits per heavy atom. The summed E-state index contributed by atoms with van der Waals surface area (Å²) in [5.41, 5.74) is -8.09. The van der Waals surface area contributed by atoms with E-state index in [9.17, 15) is 53.0 Å². The van der Waals surface area contributed by atoms with E-state index in [-0.39, 0.29) is 32.9 Å². The van der Waals surface area contributed by atoms with Gasteiger partial charge < -0.3 is 5.11 Å². The quantitative estimate of drug-likeness (QED) is 0.452. The van der Waals surface area contributed by atoms with Gasteiger partial charge in [-0.3, -0.25) is 4.31 Å². The fourth-order valence-corrected chi connectivity index (χ4v) is 6.02. The first kappa shape index (κ1) is 26.8. The average Bonchev–Trinajstić information content (AvgIpc) is 2.95. The van der Waals surface area contributed by atoms with Crippen LogP contribution in [0, 0.1) is 0 Å². The number of hydrogen-bond acceptors (Lipinski definition) is 4. The van der Waals surface area contributed by atoms with Crippen LogP contribution in [0.2, 0.25) is 8.67 Å². The molecular weight excluding hydrogens is 548 g/mol. The monoisotopic (exact) mass is 555 g/mol. The number of sulfonamides is 1. The minimum atomic E-state index is -6.24. The second-order valence-electron chi connectivity index (χ2n) is 6.07. The van der Waals surface area contributed by atoms with Gasteiger partial charge in [0, 0.05) is 5.56 Å². The number of anilines is 1. The van der Waals surface area contributed by atoms with Crippen LogP contribution in [0.3, 0.4) is 0 Å². The first-order valence-electron chi connectivity index (χ1n) is 7.72. The summed E-state index contributed by atoms with van der Waals surface area (Å²) >= 11 is 11.8. The molecule has 1 heterocycles. The maximum Gasteiger partial charge on any atom is 0.430 e. The molecule has 1 N–H and O–H groups in total. The highest BCUT2D eigenvalue weighted by atomic mass is 35.5. The van der Waals surface area contributed by atoms with Gasteiger partial charge in [-0.15, -0.1) is 11.3 Å². The highest BCUT2D eigenvalue weighted by molar-refractivity contribution is 7.93. The van der Waals surface area contributed by atoms with Gasteiger partial charge in [0.1, 0.15) is 15.8 Å². The van der Waals surface area contributed by atoms with Gasteiger partial charge in [-0.2, -0.15) is 39.5 Å². The van der Waals surface area contributed by atoms with Gasteiger partial charge in [0.2, 0.25) is 0 Å². The summed E-state index contributed by atoms with van der Waals surface area (Å²) in [6.45, 7) is -2.19. The standard InChI is InChI=1S/C15H8Cl2F9NO3S2/c16-10-5-9(11(17)31-10)32(29,30)27(6-12(18,19)20)8-3-1-7(2-4-8)13(28,14(21,22)23)15(24,25)26/h1-5,28H,6H2. The number of halogens is 11. The number of rotatable bonds is 5. The predicted octanol–water partition coefficient (Wildman–Crippen LogP) is 6.12. The van der Waals surface area contributed by atoms with Crippen molar-refractivity contribution in [1.29, 1.82) is 0 Å². The second kappa shape index (κ2) is 8.42. The zero-order chi connectivity index (χ0) is 24.9. The summed E-state index contributed by atoms with van der Waals surface area (Å²) < 4.78 is 141. The molecule has 0 spiro atoms. The number of aliphatic hydroxyl groups is 1. The van der Waals surface area contributed by atoms with Crippen LogP contribution >= 0.6 is 34.5 Å². The molecule has 180 valence electrons. The molecule has 32 heavy (non-hydrogen) atoms. The van der Waals surface area contributed by atoms with Crippen molar-refractivity contribution in [2.75, 3.05) is 10.8 Å². The lowest BCUT2D eigenvalue weighted by atomic mass is 9.92. The first-order valence-corrected chi connectivity index (χ1v) is 10.7. The number of nitrogens with zero attached hydrogens (tertiary/aromatic N) is 1. The van der Waals surface area contributed by atoms with Gasteiger partial charge in [0.15, 0.2) is 0 Å². The zero-order valence-corrected chi connectivity index (χ0v) is 17.9. The maximum atomic E-state index is 13.0. The lowest BCUT2D eigenvalue weighted by molar-refractivity contribution is -0.376. The van der Waals surface area contributed by atoms with E-state index in [1.165, 1.54) is 0 Å². The molecule has 0 bridgehead atoms. The van der Waals surface area contributed by atoms with Crippen molar-refractivity contribution < 1.29 is 53.0 Å². The fourth-order valence-electron chi connectivity index (χ4n) is 2.45. The van der Waals surface area contributed by atoms with Crippen molar-refractivity contribution in [1.82, 2.24) is 0 Å². The van der Waals surface area contributed by atoms with Crippen LogP contribution in [0.4, 0.5) is 45.2 Å². The smallest absolute Gasteiger partial charge is 0.369 e. The zero-order valence-electron chi connectivity index (χ0n) is 14.8. The van der Waals surface area contributed by atoms with E-state index in [0.717, 1.165) is 6.07 Å². The van der Waals surface area contributed by atoms with Crippen molar-refractivity contribution in [3.63, 3.8) is 0 Å². The molecule has 0 atom stereocenters. The van der Waals surface area contributed by atoms with Crippen molar-refractivity contribution in [2.24, 2.45) is 0 Å². The van der Waals surface area contributed by atoms with Crippen molar-refractivity contribution in [3.8, 4) is 0 Å². The van der Waals surface area contributed by atoms with E-state index in [1.54, 1.807) is 0 Å². The minimum absolute atomic E-state index is 0.0113. The SMILES string of the molecule is O=S(=O)(c1cc(Cl)sc1Cl)N(CC(F)(F)F)c1ccc(C(O)(C(F)(F)F)C(F)(F)F)cc1. The third-order valence-corrected chi connectivity index (χ3v) is 7.44. The Hall–Kier alpha value is -1.42. The molecule has 2 aromatic rings. The predicted molar refractivity (Wildman–Crippen MR) is 97.4 cm³/mol. The molecule has 0 saturated heterocycles. The van der Waals surface area contributed by atoms with Crippen LogP contribution in [0.15, 0.2) is 35.2 Å². The molecular formula is C15H8Cl2F9NO3S2. The van der Waals surface area contributed by atoms with Gasteiger partial charge in [0.05, 0.1) is 10.0 Å². The highest BCUT2D eigenvalue weighted by Crippen LogP contribution is 2.50. The van der Waals surface area contributed by atoms with Gasteiger partial charge in [-0.25, -0.2) is 8.42 Å². The van der Waals surface area contributed by atoms with Gasteiger partial charge in [-0.1, -0.05) is 35.3 Å². The Morgan fingerprint density at radius 1 is 0.906 bits per heavy atom. The lowest BCUT2D eigenvalue weighted by Crippen LogP contribution is -2.53. The Kier molecular flexibility index (Phi) is 7.06. The largest absolute Gasteiger partial charge is 0.430 e. The van der Waals surface area contributed by atoms with Crippen LogP contribution < -0.4 is 4.31 Å². The number of hydrogen-bond donors (Lipinski definition) is 1. The number of alkyl halides is 9. The van der Waals surface area contributed by atoms with Gasteiger partial charge in [0.25, 0.3) is 15.6 Å². The molecule has 17 heteroatoms. The summed E-state index contributed by atoms with van der Waals surface area (Å²) in [6, 6.07) is 1.26. The number of benzene rings is 1. The average molecular weight is 556 g/mol. The molecule has 2 rings (SSSR count). The Morgan fingerprint density at radius 2 is 1.38 bits per heavy atom. The Balaban J connectivity index is 2.64. The molecule has 0 amide bonds. The van der Waals surface area contributed by atoms with E-state index < -0.39 is 61.2 Å². The van der Waals surface area contributed by atoms with Crippen molar-refractivity contribution in [3.05, 3.63) is 44.6 Å². The molecule has 0 aliphatic carbocycles. The van der Waals surface area contributed by atoms with Crippen LogP contribution in [0.25, 0.3) is 0 Å². The molecule has 0 unspecified atom stereocenters. The van der Waals surface area contributed by atoms with Crippen LogP contribution in [0.1, 0.15) is 5.56 Å². The first-order chi connectivity index (χ1) is 14.2. The topological polar surface area (TPSA) is 57.6 Å². The normalized spacial score (nSPS) is 14.0. The summed E-state index contributed by atoms with van der Waals surface area (Å²) in [6.07, 6.45) is -17.7. The molecule has 4 nitrogen and oxygen atoms in total. The van der Waals surface area contributed by atoms with Crippen LogP contribution in [-0.4, -0.2) is 38.6 Å². The fraction of sp³-hybridized carbons (Fsp3) is 0.333. The molecule has 0 fully saturated rings. The highest BCUT2D eigenvalue weighted by Gasteiger charge is 2.71. The van der Waals surface area contributed by atoms with Crippen molar-refractivity contribution >= 4 is 50.2 Å². The third kappa shape index (κ3) is 5.05. The van der Waals surface area contributed by atoms with Crippen LogP contribution in [-0.2, 0) is 15.6 Å². The number of thiophene rings is 1. The molecule has 1 aromatic heterocycles. The van der Waals surface area contributed by atoms with E-state index >= 15 is 0 Å². The minimum Gasteiger partial charge on any atom is -0.369 e. The van der Waals surface area contributed by atoms with E-state index in [2.05, 4.69) is 0 Å². The molecule has 1 aromatic carbocycles. The van der Waals surface area contributed by atoms with E-state index in [4.69, 9.17) is 23.2 Å². The summed E-state index contributed by atoms with van der Waals surface area (Å²) in [5.74, 6) is 0. The van der Waals surface area contributed by atoms with Crippen LogP contribution in [0.5, 0.6) is 0 Å². The summed E-state index contributed by atoms with van der Waals surface area (Å²) in [4.78, 5) is -0.857. The summed E-state index contributed by atoms with van der Waals surface area (Å²) in [5, 5.41) is 9.36. The summed E-state index contributed by atoms with van der Waals surface area (Å²) in [7, 11) is -5.10. The lowest BCUT2D eigenvalue weighted by Gasteiger charge is -2.33. The molecule has 0 aliphatic heterocycles.